The second kappa shape index (κ2) is 8.82. The van der Waals surface area contributed by atoms with Crippen LogP contribution < -0.4 is 15.0 Å². The number of aromatic nitrogens is 2. The van der Waals surface area contributed by atoms with Crippen molar-refractivity contribution in [1.82, 2.24) is 14.7 Å². The third kappa shape index (κ3) is 4.00. The minimum Gasteiger partial charge on any atom is -0.505 e. The number of benzene rings is 2. The first-order valence-electron chi connectivity index (χ1n) is 11.8. The Labute approximate surface area is 207 Å². The Hall–Kier alpha value is -4.14. The summed E-state index contributed by atoms with van der Waals surface area (Å²) in [7, 11) is 1.47. The number of hydrogen-bond donors (Lipinski definition) is 1. The molecule has 0 radical (unpaired) electrons. The number of likely N-dealkylation sites (tertiary alicyclic amines) is 1. The lowest BCUT2D eigenvalue weighted by Gasteiger charge is -2.44. The van der Waals surface area contributed by atoms with E-state index in [1.54, 1.807) is 29.2 Å². The predicted octanol–water partition coefficient (Wildman–Crippen LogP) is 3.20. The number of aromatic hydroxyl groups is 1. The minimum absolute atomic E-state index is 0.0525. The monoisotopic (exact) mass is 489 g/mol. The number of ketones is 1. The van der Waals surface area contributed by atoms with Gasteiger partial charge in [-0.25, -0.2) is 0 Å². The van der Waals surface area contributed by atoms with Crippen molar-refractivity contribution < 1.29 is 24.2 Å². The maximum atomic E-state index is 13.3. The average Bonchev–Trinajstić information content (AvgIpc) is 2.83. The summed E-state index contributed by atoms with van der Waals surface area (Å²) < 4.78 is 12.7. The van der Waals surface area contributed by atoms with Crippen molar-refractivity contribution in [1.29, 1.82) is 0 Å². The topological polar surface area (TPSA) is 111 Å². The van der Waals surface area contributed by atoms with Crippen LogP contribution in [-0.4, -0.2) is 57.3 Å². The molecule has 186 valence electrons. The number of methoxy groups -OCH3 is 1. The van der Waals surface area contributed by atoms with Crippen molar-refractivity contribution >= 4 is 11.7 Å². The molecule has 1 spiro atoms. The van der Waals surface area contributed by atoms with Gasteiger partial charge in [-0.15, -0.1) is 0 Å². The number of fused-ring (bicyclic) bond motifs is 1. The minimum atomic E-state index is -0.674. The van der Waals surface area contributed by atoms with Crippen molar-refractivity contribution in [2.75, 3.05) is 20.2 Å². The molecule has 1 aromatic heterocycles. The summed E-state index contributed by atoms with van der Waals surface area (Å²) in [5.41, 5.74) is 1.43. The van der Waals surface area contributed by atoms with E-state index >= 15 is 0 Å². The third-order valence-corrected chi connectivity index (χ3v) is 6.92. The molecular weight excluding hydrogens is 462 g/mol. The summed E-state index contributed by atoms with van der Waals surface area (Å²) in [6.45, 7) is 4.52. The third-order valence-electron chi connectivity index (χ3n) is 6.92. The van der Waals surface area contributed by atoms with Crippen molar-refractivity contribution in [2.45, 2.75) is 38.7 Å². The molecule has 2 aromatic carbocycles. The van der Waals surface area contributed by atoms with Crippen LogP contribution in [0.2, 0.25) is 0 Å². The normalized spacial score (nSPS) is 16.4. The molecule has 0 aliphatic carbocycles. The van der Waals surface area contributed by atoms with E-state index in [1.165, 1.54) is 7.11 Å². The summed E-state index contributed by atoms with van der Waals surface area (Å²) in [6, 6.07) is 11.6. The van der Waals surface area contributed by atoms with Gasteiger partial charge in [0.25, 0.3) is 11.5 Å². The fourth-order valence-electron chi connectivity index (χ4n) is 5.14. The first-order valence-corrected chi connectivity index (χ1v) is 11.8. The highest BCUT2D eigenvalue weighted by Gasteiger charge is 2.44. The van der Waals surface area contributed by atoms with Gasteiger partial charge < -0.3 is 19.5 Å². The number of carbonyl (C=O) groups is 2. The molecule has 3 aromatic rings. The Bertz CT molecular complexity index is 1440. The molecule has 3 heterocycles. The smallest absolute Gasteiger partial charge is 0.278 e. The van der Waals surface area contributed by atoms with E-state index in [2.05, 4.69) is 5.10 Å². The van der Waals surface area contributed by atoms with Crippen LogP contribution in [0, 0.1) is 13.8 Å². The van der Waals surface area contributed by atoms with Crippen molar-refractivity contribution in [3.05, 3.63) is 75.2 Å². The maximum absolute atomic E-state index is 13.3. The number of carbonyl (C=O) groups excluding carboxylic acids is 2. The second-order valence-electron chi connectivity index (χ2n) is 9.43. The van der Waals surface area contributed by atoms with Gasteiger partial charge in [0.05, 0.1) is 19.1 Å². The zero-order valence-corrected chi connectivity index (χ0v) is 20.4. The maximum Gasteiger partial charge on any atom is 0.278 e. The van der Waals surface area contributed by atoms with E-state index in [0.29, 0.717) is 48.7 Å². The molecular formula is C27H27N3O6. The SMILES string of the molecule is COc1ccccc1-n1nc(C(=O)N2CCC3(CC2)CC(=O)c2c(C)cc(C)cc2O3)c(O)cc1=O. The second-order valence-corrected chi connectivity index (χ2v) is 9.43. The molecule has 2 aliphatic rings. The number of aryl methyl sites for hydroxylation is 2. The number of nitrogens with zero attached hydrogens (tertiary/aromatic N) is 3. The van der Waals surface area contributed by atoms with E-state index in [-0.39, 0.29) is 17.9 Å². The van der Waals surface area contributed by atoms with E-state index in [0.717, 1.165) is 21.9 Å². The van der Waals surface area contributed by atoms with Crippen LogP contribution in [0.15, 0.2) is 47.3 Å². The van der Waals surface area contributed by atoms with Crippen LogP contribution in [0.25, 0.3) is 5.69 Å². The fraction of sp³-hybridized carbons (Fsp3) is 0.333. The van der Waals surface area contributed by atoms with Crippen LogP contribution in [-0.2, 0) is 0 Å². The molecule has 1 fully saturated rings. The fourth-order valence-corrected chi connectivity index (χ4v) is 5.14. The summed E-state index contributed by atoms with van der Waals surface area (Å²) in [5, 5.41) is 14.6. The Morgan fingerprint density at radius 3 is 2.56 bits per heavy atom. The first kappa shape index (κ1) is 23.6. The van der Waals surface area contributed by atoms with Crippen LogP contribution >= 0.6 is 0 Å². The Balaban J connectivity index is 1.39. The number of rotatable bonds is 3. The Morgan fingerprint density at radius 2 is 1.83 bits per heavy atom. The lowest BCUT2D eigenvalue weighted by molar-refractivity contribution is -0.00604. The number of para-hydroxylation sites is 2. The number of amides is 1. The van der Waals surface area contributed by atoms with Gasteiger partial charge in [0, 0.05) is 32.0 Å². The molecule has 2 aliphatic heterocycles. The summed E-state index contributed by atoms with van der Waals surface area (Å²) in [6.07, 6.45) is 1.18. The highest BCUT2D eigenvalue weighted by molar-refractivity contribution is 6.02. The highest BCUT2D eigenvalue weighted by atomic mass is 16.5. The van der Waals surface area contributed by atoms with Crippen molar-refractivity contribution in [3.8, 4) is 22.9 Å². The summed E-state index contributed by atoms with van der Waals surface area (Å²) >= 11 is 0. The highest BCUT2D eigenvalue weighted by Crippen LogP contribution is 2.41. The molecule has 0 saturated carbocycles. The van der Waals surface area contributed by atoms with Gasteiger partial charge in [0.15, 0.2) is 17.2 Å². The van der Waals surface area contributed by atoms with Crippen LogP contribution in [0.5, 0.6) is 17.2 Å². The van der Waals surface area contributed by atoms with Crippen molar-refractivity contribution in [2.24, 2.45) is 0 Å². The predicted molar refractivity (Wildman–Crippen MR) is 131 cm³/mol. The molecule has 0 unspecified atom stereocenters. The van der Waals surface area contributed by atoms with Gasteiger partial charge in [-0.05, 0) is 43.2 Å². The van der Waals surface area contributed by atoms with Gasteiger partial charge >= 0.3 is 0 Å². The molecule has 9 nitrogen and oxygen atoms in total. The van der Waals surface area contributed by atoms with E-state index in [9.17, 15) is 19.5 Å². The largest absolute Gasteiger partial charge is 0.505 e. The quantitative estimate of drug-likeness (QED) is 0.601. The zero-order chi connectivity index (χ0) is 25.6. The number of piperidine rings is 1. The van der Waals surface area contributed by atoms with E-state index < -0.39 is 22.8 Å². The Kier molecular flexibility index (Phi) is 5.78. The molecule has 1 N–H and O–H groups in total. The standard InChI is InChI=1S/C27H27N3O6/c1-16-12-17(2)24-20(32)15-27(36-22(24)13-16)8-10-29(11-9-27)26(34)25-19(31)14-23(33)30(28-25)18-6-4-5-7-21(18)35-3/h4-7,12-14,31H,8-11,15H2,1-3H3. The van der Waals surface area contributed by atoms with Gasteiger partial charge in [-0.1, -0.05) is 18.2 Å². The zero-order valence-electron chi connectivity index (χ0n) is 20.4. The average molecular weight is 490 g/mol. The van der Waals surface area contributed by atoms with Crippen LogP contribution in [0.1, 0.15) is 51.2 Å². The van der Waals surface area contributed by atoms with Gasteiger partial charge in [0.1, 0.15) is 22.8 Å². The van der Waals surface area contributed by atoms with Gasteiger partial charge in [-0.2, -0.15) is 9.78 Å². The number of hydrogen-bond acceptors (Lipinski definition) is 7. The molecule has 0 atom stereocenters. The van der Waals surface area contributed by atoms with Gasteiger partial charge in [-0.3, -0.25) is 14.4 Å². The first-order chi connectivity index (χ1) is 17.2. The lowest BCUT2D eigenvalue weighted by atomic mass is 9.81. The van der Waals surface area contributed by atoms with Gasteiger partial charge in [0.2, 0.25) is 0 Å². The van der Waals surface area contributed by atoms with Crippen LogP contribution in [0.3, 0.4) is 0 Å². The molecule has 36 heavy (non-hydrogen) atoms. The summed E-state index contributed by atoms with van der Waals surface area (Å²) in [5.74, 6) is 0.0741. The van der Waals surface area contributed by atoms with Crippen molar-refractivity contribution in [3.63, 3.8) is 0 Å². The number of Topliss-reactive ketones (excluding diaryl/α,β-unsaturated/α-hetero) is 1. The molecule has 0 bridgehead atoms. The van der Waals surface area contributed by atoms with E-state index in [1.807, 2.05) is 26.0 Å². The molecule has 1 amide bonds. The van der Waals surface area contributed by atoms with E-state index in [4.69, 9.17) is 9.47 Å². The van der Waals surface area contributed by atoms with Crippen LogP contribution in [0.4, 0.5) is 0 Å². The molecule has 9 heteroatoms. The summed E-state index contributed by atoms with van der Waals surface area (Å²) in [4.78, 5) is 40.4. The molecule has 1 saturated heterocycles. The Morgan fingerprint density at radius 1 is 1.11 bits per heavy atom. The molecule has 5 rings (SSSR count). The lowest BCUT2D eigenvalue weighted by Crippen LogP contribution is -2.52. The number of ether oxygens (including phenoxy) is 2.